The molecular weight excluding hydrogens is 326 g/mol. The molecule has 0 saturated heterocycles. The Hall–Kier alpha value is -2.18. The molecule has 0 radical (unpaired) electrons. The zero-order chi connectivity index (χ0) is 17.5. The van der Waals surface area contributed by atoms with Gasteiger partial charge in [0.2, 0.25) is 5.95 Å². The molecule has 0 amide bonds. The summed E-state index contributed by atoms with van der Waals surface area (Å²) >= 11 is 0. The standard InChI is InChI=1S/C19H27N7/c1-2-15-18-24-21-12-25(18)16-11-20-19(22-13-7-3-4-8-13)23-17(16)26(15)14-9-5-6-10-14/h11-15H,2-10H2,1H3,(H,20,22,23)/t15-/m1/s1. The normalized spacial score (nSPS) is 23.3. The van der Waals surface area contributed by atoms with Crippen LogP contribution in [0.25, 0.3) is 5.69 Å². The largest absolute Gasteiger partial charge is 0.351 e. The van der Waals surface area contributed by atoms with E-state index < -0.39 is 0 Å². The van der Waals surface area contributed by atoms with E-state index in [2.05, 4.69) is 36.9 Å². The lowest BCUT2D eigenvalue weighted by Crippen LogP contribution is -2.42. The Bertz CT molecular complexity index is 774. The van der Waals surface area contributed by atoms with Crippen LogP contribution >= 0.6 is 0 Å². The van der Waals surface area contributed by atoms with E-state index in [-0.39, 0.29) is 6.04 Å². The lowest BCUT2D eigenvalue weighted by atomic mass is 10.0. The molecule has 0 bridgehead atoms. The highest BCUT2D eigenvalue weighted by Gasteiger charge is 2.38. The van der Waals surface area contributed by atoms with Crippen LogP contribution in [0.2, 0.25) is 0 Å². The fourth-order valence-electron chi connectivity index (χ4n) is 4.97. The number of nitrogens with zero attached hydrogens (tertiary/aromatic N) is 6. The van der Waals surface area contributed by atoms with Gasteiger partial charge in [0, 0.05) is 12.1 Å². The van der Waals surface area contributed by atoms with E-state index in [1.807, 2.05) is 6.20 Å². The van der Waals surface area contributed by atoms with E-state index in [9.17, 15) is 0 Å². The number of hydrogen-bond acceptors (Lipinski definition) is 6. The summed E-state index contributed by atoms with van der Waals surface area (Å²) < 4.78 is 2.08. The Kier molecular flexibility index (Phi) is 4.02. The molecule has 0 spiro atoms. The molecule has 26 heavy (non-hydrogen) atoms. The molecule has 0 unspecified atom stereocenters. The SMILES string of the molecule is CC[C@@H]1c2nncn2-c2cnc(NC3CCCC3)nc2N1C1CCCC1. The Morgan fingerprint density at radius 2 is 1.88 bits per heavy atom. The van der Waals surface area contributed by atoms with Gasteiger partial charge in [0.05, 0.1) is 12.2 Å². The molecule has 1 aliphatic heterocycles. The highest BCUT2D eigenvalue weighted by atomic mass is 15.4. The summed E-state index contributed by atoms with van der Waals surface area (Å²) in [5.41, 5.74) is 1.01. The van der Waals surface area contributed by atoms with Gasteiger partial charge < -0.3 is 10.2 Å². The van der Waals surface area contributed by atoms with Crippen LogP contribution in [-0.4, -0.2) is 36.8 Å². The molecule has 2 fully saturated rings. The fourth-order valence-corrected chi connectivity index (χ4v) is 4.97. The molecule has 1 atom stereocenters. The van der Waals surface area contributed by atoms with Crippen molar-refractivity contribution < 1.29 is 0 Å². The van der Waals surface area contributed by atoms with Crippen LogP contribution in [0.4, 0.5) is 11.8 Å². The molecule has 7 heteroatoms. The Morgan fingerprint density at radius 1 is 1.12 bits per heavy atom. The van der Waals surface area contributed by atoms with E-state index in [1.165, 1.54) is 51.4 Å². The lowest BCUT2D eigenvalue weighted by molar-refractivity contribution is 0.469. The van der Waals surface area contributed by atoms with E-state index in [0.29, 0.717) is 12.1 Å². The van der Waals surface area contributed by atoms with Crippen molar-refractivity contribution in [2.45, 2.75) is 82.8 Å². The molecular formula is C19H27N7. The van der Waals surface area contributed by atoms with Crippen molar-refractivity contribution >= 4 is 11.8 Å². The second kappa shape index (κ2) is 6.52. The van der Waals surface area contributed by atoms with Crippen molar-refractivity contribution in [1.82, 2.24) is 24.7 Å². The quantitative estimate of drug-likeness (QED) is 0.905. The number of aromatic nitrogens is 5. The lowest BCUT2D eigenvalue weighted by Gasteiger charge is -2.40. The van der Waals surface area contributed by atoms with Gasteiger partial charge in [-0.15, -0.1) is 10.2 Å². The number of hydrogen-bond donors (Lipinski definition) is 1. The fraction of sp³-hybridized carbons (Fsp3) is 0.684. The average molecular weight is 353 g/mol. The molecule has 0 aromatic carbocycles. The van der Waals surface area contributed by atoms with Crippen LogP contribution in [0, 0.1) is 0 Å². The van der Waals surface area contributed by atoms with Crippen LogP contribution in [0.15, 0.2) is 12.5 Å². The molecule has 3 aliphatic rings. The van der Waals surface area contributed by atoms with Crippen molar-refractivity contribution in [3.8, 4) is 5.69 Å². The first kappa shape index (κ1) is 16.0. The monoisotopic (exact) mass is 353 g/mol. The van der Waals surface area contributed by atoms with Crippen molar-refractivity contribution in [3.05, 3.63) is 18.3 Å². The summed E-state index contributed by atoms with van der Waals surface area (Å²) in [5.74, 6) is 2.84. The van der Waals surface area contributed by atoms with Gasteiger partial charge in [-0.25, -0.2) is 4.98 Å². The van der Waals surface area contributed by atoms with Crippen LogP contribution in [0.5, 0.6) is 0 Å². The first-order valence-corrected chi connectivity index (χ1v) is 10.2. The van der Waals surface area contributed by atoms with Crippen molar-refractivity contribution in [3.63, 3.8) is 0 Å². The summed E-state index contributed by atoms with van der Waals surface area (Å²) in [6.07, 6.45) is 14.9. The maximum Gasteiger partial charge on any atom is 0.224 e. The van der Waals surface area contributed by atoms with Gasteiger partial charge in [0.1, 0.15) is 12.0 Å². The minimum absolute atomic E-state index is 0.238. The molecule has 5 rings (SSSR count). The second-order valence-corrected chi connectivity index (χ2v) is 7.86. The van der Waals surface area contributed by atoms with Crippen LogP contribution in [0.1, 0.15) is 76.6 Å². The third-order valence-electron chi connectivity index (χ3n) is 6.26. The number of rotatable bonds is 4. The maximum atomic E-state index is 5.01. The average Bonchev–Trinajstić information content (AvgIpc) is 3.41. The molecule has 2 aromatic heterocycles. The summed E-state index contributed by atoms with van der Waals surface area (Å²) in [4.78, 5) is 12.1. The van der Waals surface area contributed by atoms with Gasteiger partial charge in [-0.2, -0.15) is 4.98 Å². The summed E-state index contributed by atoms with van der Waals surface area (Å²) in [6, 6.07) is 1.30. The zero-order valence-electron chi connectivity index (χ0n) is 15.4. The zero-order valence-corrected chi connectivity index (χ0v) is 15.4. The molecule has 2 aliphatic carbocycles. The molecule has 1 N–H and O–H groups in total. The van der Waals surface area contributed by atoms with Crippen LogP contribution in [0.3, 0.4) is 0 Å². The van der Waals surface area contributed by atoms with Gasteiger partial charge in [0.15, 0.2) is 11.6 Å². The van der Waals surface area contributed by atoms with E-state index in [1.54, 1.807) is 6.33 Å². The van der Waals surface area contributed by atoms with Gasteiger partial charge >= 0.3 is 0 Å². The number of nitrogens with one attached hydrogen (secondary N) is 1. The number of anilines is 2. The van der Waals surface area contributed by atoms with E-state index >= 15 is 0 Å². The third-order valence-corrected chi connectivity index (χ3v) is 6.26. The second-order valence-electron chi connectivity index (χ2n) is 7.86. The van der Waals surface area contributed by atoms with Crippen molar-refractivity contribution in [1.29, 1.82) is 0 Å². The Labute approximate surface area is 154 Å². The van der Waals surface area contributed by atoms with Gasteiger partial charge in [-0.3, -0.25) is 4.57 Å². The minimum Gasteiger partial charge on any atom is -0.351 e. The highest BCUT2D eigenvalue weighted by molar-refractivity contribution is 5.63. The minimum atomic E-state index is 0.238. The topological polar surface area (TPSA) is 71.8 Å². The van der Waals surface area contributed by atoms with Gasteiger partial charge in [0.25, 0.3) is 0 Å². The van der Waals surface area contributed by atoms with Gasteiger partial charge in [-0.1, -0.05) is 32.6 Å². The van der Waals surface area contributed by atoms with Crippen molar-refractivity contribution in [2.24, 2.45) is 0 Å². The van der Waals surface area contributed by atoms with E-state index in [4.69, 9.17) is 4.98 Å². The molecule has 2 saturated carbocycles. The van der Waals surface area contributed by atoms with Crippen LogP contribution in [-0.2, 0) is 0 Å². The number of fused-ring (bicyclic) bond motifs is 3. The Morgan fingerprint density at radius 3 is 2.65 bits per heavy atom. The maximum absolute atomic E-state index is 5.01. The molecule has 138 valence electrons. The predicted molar refractivity (Wildman–Crippen MR) is 101 cm³/mol. The first-order chi connectivity index (χ1) is 12.8. The first-order valence-electron chi connectivity index (χ1n) is 10.2. The van der Waals surface area contributed by atoms with Crippen LogP contribution < -0.4 is 10.2 Å². The highest BCUT2D eigenvalue weighted by Crippen LogP contribution is 2.42. The smallest absolute Gasteiger partial charge is 0.224 e. The third kappa shape index (κ3) is 2.56. The van der Waals surface area contributed by atoms with E-state index in [0.717, 1.165) is 29.7 Å². The predicted octanol–water partition coefficient (Wildman–Crippen LogP) is 3.63. The summed E-state index contributed by atoms with van der Waals surface area (Å²) in [7, 11) is 0. The summed E-state index contributed by atoms with van der Waals surface area (Å²) in [5, 5.41) is 12.2. The summed E-state index contributed by atoms with van der Waals surface area (Å²) in [6.45, 7) is 2.23. The Balaban J connectivity index is 1.57. The molecule has 2 aromatic rings. The van der Waals surface area contributed by atoms with Crippen molar-refractivity contribution in [2.75, 3.05) is 10.2 Å². The molecule has 7 nitrogen and oxygen atoms in total. The van der Waals surface area contributed by atoms with Gasteiger partial charge in [-0.05, 0) is 32.1 Å². The molecule has 3 heterocycles.